The molecule has 0 unspecified atom stereocenters. The van der Waals surface area contributed by atoms with Crippen molar-refractivity contribution in [3.63, 3.8) is 0 Å². The summed E-state index contributed by atoms with van der Waals surface area (Å²) < 4.78 is 11.1. The number of benzene rings is 2. The van der Waals surface area contributed by atoms with E-state index in [0.29, 0.717) is 0 Å². The fraction of sp³-hybridized carbons (Fsp3) is 0.483. The Morgan fingerprint density at radius 3 is 2.11 bits per heavy atom. The van der Waals surface area contributed by atoms with Gasteiger partial charge in [0.25, 0.3) is 0 Å². The molecule has 0 bridgehead atoms. The van der Waals surface area contributed by atoms with E-state index in [9.17, 15) is 14.4 Å². The molecule has 2 aliphatic rings. The number of hydrogen-bond donors (Lipinski definition) is 1. The molecule has 1 aliphatic carbocycles. The molecule has 0 radical (unpaired) electrons. The predicted molar refractivity (Wildman–Crippen MR) is 138 cm³/mol. The van der Waals surface area contributed by atoms with Gasteiger partial charge in [-0.3, -0.25) is 4.79 Å². The van der Waals surface area contributed by atoms with E-state index in [-0.39, 0.29) is 31.3 Å². The van der Waals surface area contributed by atoms with E-state index in [1.807, 2.05) is 29.2 Å². The van der Waals surface area contributed by atoms with Crippen molar-refractivity contribution in [3.8, 4) is 11.1 Å². The largest absolute Gasteiger partial charge is 0.458 e. The minimum atomic E-state index is -0.964. The molecule has 1 saturated heterocycles. The number of ether oxygens (including phenoxy) is 2. The fourth-order valence-electron chi connectivity index (χ4n) is 4.97. The normalized spacial score (nSPS) is 16.0. The van der Waals surface area contributed by atoms with Crippen LogP contribution in [-0.4, -0.2) is 54.2 Å². The average molecular weight is 493 g/mol. The highest BCUT2D eigenvalue weighted by Crippen LogP contribution is 2.44. The van der Waals surface area contributed by atoms with Crippen molar-refractivity contribution in [1.29, 1.82) is 0 Å². The summed E-state index contributed by atoms with van der Waals surface area (Å²) in [6.07, 6.45) is 2.76. The lowest BCUT2D eigenvalue weighted by atomic mass is 9.98. The SMILES string of the molecule is CC(C)(C)OC(=O)[C@H](CCC(=O)N1CCCCC1)NC(=O)OCC1c2ccccc2-c2ccccc21. The monoisotopic (exact) mass is 492 g/mol. The summed E-state index contributed by atoms with van der Waals surface area (Å²) in [7, 11) is 0. The number of fused-ring (bicyclic) bond motifs is 3. The zero-order valence-corrected chi connectivity index (χ0v) is 21.4. The van der Waals surface area contributed by atoms with Gasteiger partial charge >= 0.3 is 12.1 Å². The summed E-state index contributed by atoms with van der Waals surface area (Å²) in [5.41, 5.74) is 3.80. The lowest BCUT2D eigenvalue weighted by Crippen LogP contribution is -2.45. The van der Waals surface area contributed by atoms with Gasteiger partial charge in [-0.25, -0.2) is 9.59 Å². The van der Waals surface area contributed by atoms with E-state index in [4.69, 9.17) is 9.47 Å². The second-order valence-corrected chi connectivity index (χ2v) is 10.5. The van der Waals surface area contributed by atoms with Crippen LogP contribution >= 0.6 is 0 Å². The van der Waals surface area contributed by atoms with Crippen molar-refractivity contribution in [1.82, 2.24) is 10.2 Å². The molecule has 1 fully saturated rings. The lowest BCUT2D eigenvalue weighted by Gasteiger charge is -2.28. The van der Waals surface area contributed by atoms with Gasteiger partial charge in [0, 0.05) is 25.4 Å². The number of piperidine rings is 1. The van der Waals surface area contributed by atoms with E-state index >= 15 is 0 Å². The number of amides is 2. The Hall–Kier alpha value is -3.35. The number of esters is 1. The Morgan fingerprint density at radius 2 is 1.53 bits per heavy atom. The summed E-state index contributed by atoms with van der Waals surface area (Å²) in [5.74, 6) is -0.649. The minimum Gasteiger partial charge on any atom is -0.458 e. The van der Waals surface area contributed by atoms with Crippen LogP contribution in [0.2, 0.25) is 0 Å². The van der Waals surface area contributed by atoms with Gasteiger partial charge in [0.05, 0.1) is 0 Å². The lowest BCUT2D eigenvalue weighted by molar-refractivity contribution is -0.157. The standard InChI is InChI=1S/C29H36N2O5/c1-29(2,3)36-27(33)25(15-16-26(32)31-17-9-4-10-18-31)30-28(34)35-19-24-22-13-7-5-11-20(22)21-12-6-8-14-23(21)24/h5-8,11-14,24-25H,4,9-10,15-19H2,1-3H3,(H,30,34)/t25-/m0/s1. The van der Waals surface area contributed by atoms with Crippen LogP contribution in [0.15, 0.2) is 48.5 Å². The summed E-state index contributed by atoms with van der Waals surface area (Å²) in [5, 5.41) is 2.66. The number of likely N-dealkylation sites (tertiary alicyclic amines) is 1. The topological polar surface area (TPSA) is 84.9 Å². The van der Waals surface area contributed by atoms with Gasteiger partial charge in [-0.15, -0.1) is 0 Å². The number of nitrogens with one attached hydrogen (secondary N) is 1. The van der Waals surface area contributed by atoms with Crippen LogP contribution in [0.3, 0.4) is 0 Å². The van der Waals surface area contributed by atoms with Crippen molar-refractivity contribution in [3.05, 3.63) is 59.7 Å². The Labute approximate surface area is 213 Å². The van der Waals surface area contributed by atoms with Crippen LogP contribution in [0.4, 0.5) is 4.79 Å². The molecule has 2 aromatic carbocycles. The van der Waals surface area contributed by atoms with Crippen LogP contribution in [0.5, 0.6) is 0 Å². The Kier molecular flexibility index (Phi) is 7.97. The van der Waals surface area contributed by atoms with E-state index in [0.717, 1.165) is 54.6 Å². The quantitative estimate of drug-likeness (QED) is 0.548. The van der Waals surface area contributed by atoms with E-state index in [2.05, 4.69) is 29.6 Å². The molecule has 0 spiro atoms. The average Bonchev–Trinajstić information content (AvgIpc) is 3.18. The maximum atomic E-state index is 12.9. The number of carbonyl (C=O) groups excluding carboxylic acids is 3. The summed E-state index contributed by atoms with van der Waals surface area (Å²) >= 11 is 0. The summed E-state index contributed by atoms with van der Waals surface area (Å²) in [6.45, 7) is 6.95. The smallest absolute Gasteiger partial charge is 0.407 e. The number of nitrogens with zero attached hydrogens (tertiary/aromatic N) is 1. The molecule has 0 aromatic heterocycles. The molecule has 1 atom stereocenters. The van der Waals surface area contributed by atoms with Gasteiger partial charge in [-0.2, -0.15) is 0 Å². The molecule has 7 nitrogen and oxygen atoms in total. The molecular weight excluding hydrogens is 456 g/mol. The highest BCUT2D eigenvalue weighted by molar-refractivity contribution is 5.83. The molecule has 2 amide bonds. The first-order valence-electron chi connectivity index (χ1n) is 12.8. The first-order valence-corrected chi connectivity index (χ1v) is 12.8. The Balaban J connectivity index is 1.39. The van der Waals surface area contributed by atoms with Crippen molar-refractivity contribution in [2.24, 2.45) is 0 Å². The molecule has 2 aromatic rings. The van der Waals surface area contributed by atoms with Gasteiger partial charge in [0.2, 0.25) is 5.91 Å². The van der Waals surface area contributed by atoms with Crippen LogP contribution in [0.1, 0.15) is 69.9 Å². The zero-order valence-electron chi connectivity index (χ0n) is 21.4. The Morgan fingerprint density at radius 1 is 0.944 bits per heavy atom. The van der Waals surface area contributed by atoms with E-state index < -0.39 is 23.7 Å². The maximum Gasteiger partial charge on any atom is 0.407 e. The molecule has 192 valence electrons. The summed E-state index contributed by atoms with van der Waals surface area (Å²) in [4.78, 5) is 40.2. The Bertz CT molecular complexity index is 1060. The molecule has 0 saturated carbocycles. The van der Waals surface area contributed by atoms with Gasteiger partial charge in [0.1, 0.15) is 18.2 Å². The minimum absolute atomic E-state index is 0.00223. The fourth-order valence-corrected chi connectivity index (χ4v) is 4.97. The molecule has 1 heterocycles. The van der Waals surface area contributed by atoms with Crippen molar-refractivity contribution in [2.75, 3.05) is 19.7 Å². The molecule has 36 heavy (non-hydrogen) atoms. The third-order valence-electron chi connectivity index (χ3n) is 6.68. The number of carbonyl (C=O) groups is 3. The predicted octanol–water partition coefficient (Wildman–Crippen LogP) is 5.03. The van der Waals surface area contributed by atoms with Gasteiger partial charge in [-0.05, 0) is 68.7 Å². The van der Waals surface area contributed by atoms with Crippen LogP contribution in [0.25, 0.3) is 11.1 Å². The molecule has 7 heteroatoms. The zero-order chi connectivity index (χ0) is 25.7. The molecule has 4 rings (SSSR count). The number of hydrogen-bond acceptors (Lipinski definition) is 5. The van der Waals surface area contributed by atoms with Gasteiger partial charge in [0.15, 0.2) is 0 Å². The van der Waals surface area contributed by atoms with Crippen LogP contribution < -0.4 is 5.32 Å². The van der Waals surface area contributed by atoms with Crippen molar-refractivity contribution >= 4 is 18.0 Å². The van der Waals surface area contributed by atoms with Gasteiger partial charge < -0.3 is 19.7 Å². The second kappa shape index (κ2) is 11.1. The highest BCUT2D eigenvalue weighted by Gasteiger charge is 2.31. The third-order valence-corrected chi connectivity index (χ3v) is 6.68. The third kappa shape index (κ3) is 6.25. The van der Waals surface area contributed by atoms with Crippen molar-refractivity contribution < 1.29 is 23.9 Å². The second-order valence-electron chi connectivity index (χ2n) is 10.5. The van der Waals surface area contributed by atoms with E-state index in [1.165, 1.54) is 0 Å². The molecule has 1 N–H and O–H groups in total. The number of rotatable bonds is 7. The van der Waals surface area contributed by atoms with Crippen molar-refractivity contribution in [2.45, 2.75) is 70.4 Å². The van der Waals surface area contributed by atoms with E-state index in [1.54, 1.807) is 20.8 Å². The molecule has 1 aliphatic heterocycles. The first-order chi connectivity index (χ1) is 17.2. The van der Waals surface area contributed by atoms with Crippen LogP contribution in [-0.2, 0) is 19.1 Å². The maximum absolute atomic E-state index is 12.9. The first kappa shape index (κ1) is 25.7. The highest BCUT2D eigenvalue weighted by atomic mass is 16.6. The number of alkyl carbamates (subject to hydrolysis) is 1. The molecular formula is C29H36N2O5. The van der Waals surface area contributed by atoms with Crippen LogP contribution in [0, 0.1) is 0 Å². The summed E-state index contributed by atoms with van der Waals surface area (Å²) in [6, 6.07) is 15.3. The van der Waals surface area contributed by atoms with Gasteiger partial charge in [-0.1, -0.05) is 48.5 Å².